The van der Waals surface area contributed by atoms with Gasteiger partial charge in [-0.3, -0.25) is 9.97 Å². The molecule has 6 heteroatoms. The number of thiophene rings is 1. The van der Waals surface area contributed by atoms with Gasteiger partial charge in [-0.05, 0) is 57.2 Å². The first-order valence-corrected chi connectivity index (χ1v) is 17.9. The molecule has 0 atom stereocenters. The molecule has 4 nitrogen and oxygen atoms in total. The molecule has 0 aliphatic heterocycles. The molecule has 0 amide bonds. The molecule has 9 rings (SSSR count). The Labute approximate surface area is 322 Å². The summed E-state index contributed by atoms with van der Waals surface area (Å²) in [5, 5.41) is 2.56. The van der Waals surface area contributed by atoms with Crippen LogP contribution in [-0.2, 0) is 25.5 Å². The van der Waals surface area contributed by atoms with Crippen LogP contribution in [-0.4, -0.2) is 19.5 Å². The number of fused-ring (bicyclic) bond motifs is 4. The van der Waals surface area contributed by atoms with Crippen LogP contribution in [0.3, 0.4) is 0 Å². The number of rotatable bonds is 4. The zero-order valence-corrected chi connectivity index (χ0v) is 32.6. The molecule has 257 valence electrons. The summed E-state index contributed by atoms with van der Waals surface area (Å²) in [6, 6.07) is 52.6. The first-order valence-electron chi connectivity index (χ1n) is 17.1. The van der Waals surface area contributed by atoms with Crippen LogP contribution in [0.15, 0.2) is 146 Å². The standard InChI is InChI=1S/C35H28N3S.C11H8N.Ir/c1-22-15-17-27(32-30(22)26-18-16-24(21-29(26)39-32)23-11-7-5-8-12-23)34-37-31-28(19-20-36-33(31)35(2,3)4)38(34)25-13-9-6-10-14-25;1-2-6-10(7-3-1)11-8-4-5-9-12-11;/h5-16,18-21H,1-4H3;1-6,8-9H;/q2*-1;. The molecule has 0 bridgehead atoms. The second-order valence-corrected chi connectivity index (χ2v) is 14.7. The molecule has 0 N–H and O–H groups in total. The second kappa shape index (κ2) is 14.8. The van der Waals surface area contributed by atoms with Crippen molar-refractivity contribution in [1.29, 1.82) is 0 Å². The molecular formula is C46H36IrN4S-2. The summed E-state index contributed by atoms with van der Waals surface area (Å²) in [7, 11) is 0. The third-order valence-corrected chi connectivity index (χ3v) is 10.2. The van der Waals surface area contributed by atoms with Crippen LogP contribution in [0, 0.1) is 19.1 Å². The Bertz CT molecular complexity index is 2570. The van der Waals surface area contributed by atoms with Gasteiger partial charge in [0.1, 0.15) is 0 Å². The number of benzene rings is 5. The minimum atomic E-state index is -0.135. The van der Waals surface area contributed by atoms with E-state index in [0.717, 1.165) is 45.1 Å². The van der Waals surface area contributed by atoms with Gasteiger partial charge < -0.3 is 9.55 Å². The van der Waals surface area contributed by atoms with Crippen LogP contribution in [0.5, 0.6) is 0 Å². The predicted octanol–water partition coefficient (Wildman–Crippen LogP) is 12.1. The number of para-hydroxylation sites is 1. The van der Waals surface area contributed by atoms with Crippen molar-refractivity contribution in [2.75, 3.05) is 0 Å². The SMILES string of the molecule is Cc1c[c-]c(-c2nc3c(C(C)(C)C)nccc3n2-c2ccccc2)c2sc3cc(-c4ccccc4)ccc3c12.[Ir].[c-]1ccccc1-c1ccccn1. The quantitative estimate of drug-likeness (QED) is 0.166. The van der Waals surface area contributed by atoms with Gasteiger partial charge in [0.15, 0.2) is 0 Å². The fraction of sp³-hybridized carbons (Fsp3) is 0.109. The van der Waals surface area contributed by atoms with Crippen LogP contribution in [0.1, 0.15) is 32.0 Å². The van der Waals surface area contributed by atoms with Crippen molar-refractivity contribution in [2.24, 2.45) is 0 Å². The monoisotopic (exact) mass is 869 g/mol. The van der Waals surface area contributed by atoms with Gasteiger partial charge in [0.25, 0.3) is 0 Å². The molecule has 0 aliphatic carbocycles. The van der Waals surface area contributed by atoms with Crippen LogP contribution >= 0.6 is 11.3 Å². The molecule has 0 fully saturated rings. The van der Waals surface area contributed by atoms with E-state index in [1.807, 2.05) is 60.0 Å². The third-order valence-electron chi connectivity index (χ3n) is 9.02. The fourth-order valence-corrected chi connectivity index (χ4v) is 7.90. The minimum absolute atomic E-state index is 0. The van der Waals surface area contributed by atoms with Crippen LogP contribution in [0.4, 0.5) is 0 Å². The van der Waals surface area contributed by atoms with Gasteiger partial charge in [-0.25, -0.2) is 0 Å². The molecule has 1 radical (unpaired) electrons. The summed E-state index contributed by atoms with van der Waals surface area (Å²) in [6.45, 7) is 8.77. The molecule has 52 heavy (non-hydrogen) atoms. The van der Waals surface area contributed by atoms with E-state index in [-0.39, 0.29) is 25.5 Å². The fourth-order valence-electron chi connectivity index (χ4n) is 6.59. The summed E-state index contributed by atoms with van der Waals surface area (Å²) < 4.78 is 4.76. The maximum Gasteiger partial charge on any atom is 0.0995 e. The smallest absolute Gasteiger partial charge is 0.0995 e. The van der Waals surface area contributed by atoms with Gasteiger partial charge in [-0.2, -0.15) is 11.3 Å². The molecule has 5 aromatic carbocycles. The van der Waals surface area contributed by atoms with Gasteiger partial charge in [0.2, 0.25) is 0 Å². The van der Waals surface area contributed by atoms with Crippen molar-refractivity contribution in [3.63, 3.8) is 0 Å². The molecule has 0 spiro atoms. The van der Waals surface area contributed by atoms with Gasteiger partial charge in [-0.15, -0.1) is 53.6 Å². The molecule has 9 aromatic rings. The maximum absolute atomic E-state index is 5.32. The van der Waals surface area contributed by atoms with E-state index >= 15 is 0 Å². The van der Waals surface area contributed by atoms with Crippen molar-refractivity contribution in [2.45, 2.75) is 33.1 Å². The predicted molar refractivity (Wildman–Crippen MR) is 213 cm³/mol. The number of hydrogen-bond acceptors (Lipinski definition) is 4. The number of nitrogens with zero attached hydrogens (tertiary/aromatic N) is 4. The summed E-state index contributed by atoms with van der Waals surface area (Å²) >= 11 is 1.83. The molecule has 4 aromatic heterocycles. The Hall–Kier alpha value is -5.26. The average Bonchev–Trinajstić information content (AvgIpc) is 3.76. The third kappa shape index (κ3) is 6.73. The van der Waals surface area contributed by atoms with Crippen molar-refractivity contribution in [3.8, 4) is 39.5 Å². The Morgan fingerprint density at radius 2 is 1.46 bits per heavy atom. The summed E-state index contributed by atoms with van der Waals surface area (Å²) in [5.74, 6) is 0.898. The zero-order chi connectivity index (χ0) is 35.0. The van der Waals surface area contributed by atoms with E-state index in [4.69, 9.17) is 9.97 Å². The number of aryl methyl sites for hydroxylation is 1. The first kappa shape index (κ1) is 35.2. The molecule has 0 unspecified atom stereocenters. The first-order chi connectivity index (χ1) is 24.9. The molecular weight excluding hydrogens is 833 g/mol. The second-order valence-electron chi connectivity index (χ2n) is 13.6. The van der Waals surface area contributed by atoms with Gasteiger partial charge in [-0.1, -0.05) is 111 Å². The van der Waals surface area contributed by atoms with Crippen molar-refractivity contribution >= 4 is 42.5 Å². The van der Waals surface area contributed by atoms with Crippen LogP contribution in [0.25, 0.3) is 70.7 Å². The van der Waals surface area contributed by atoms with Crippen molar-refractivity contribution in [3.05, 3.63) is 169 Å². The van der Waals surface area contributed by atoms with Gasteiger partial charge >= 0.3 is 0 Å². The van der Waals surface area contributed by atoms with E-state index < -0.39 is 0 Å². The van der Waals surface area contributed by atoms with E-state index in [1.54, 1.807) is 6.20 Å². The molecule has 0 aliphatic rings. The van der Waals surface area contributed by atoms with Crippen LogP contribution in [0.2, 0.25) is 0 Å². The normalized spacial score (nSPS) is 11.3. The van der Waals surface area contributed by atoms with E-state index in [0.29, 0.717) is 0 Å². The zero-order valence-electron chi connectivity index (χ0n) is 29.4. The number of pyridine rings is 2. The molecule has 0 saturated heterocycles. The summed E-state index contributed by atoms with van der Waals surface area (Å²) in [4.78, 5) is 14.3. The molecule has 0 saturated carbocycles. The van der Waals surface area contributed by atoms with Gasteiger partial charge in [0, 0.05) is 48.3 Å². The van der Waals surface area contributed by atoms with Crippen molar-refractivity contribution < 1.29 is 20.1 Å². The van der Waals surface area contributed by atoms with E-state index in [2.05, 4.69) is 140 Å². The Balaban J connectivity index is 0.000000275. The number of hydrogen-bond donors (Lipinski definition) is 0. The largest absolute Gasteiger partial charge is 0.333 e. The maximum atomic E-state index is 5.32. The number of aromatic nitrogens is 4. The Morgan fingerprint density at radius 1 is 0.712 bits per heavy atom. The molecule has 4 heterocycles. The topological polar surface area (TPSA) is 43.6 Å². The summed E-state index contributed by atoms with van der Waals surface area (Å²) in [6.07, 6.45) is 3.70. The number of imidazole rings is 1. The van der Waals surface area contributed by atoms with Crippen LogP contribution < -0.4 is 0 Å². The van der Waals surface area contributed by atoms with Gasteiger partial charge in [0.05, 0.1) is 22.6 Å². The van der Waals surface area contributed by atoms with E-state index in [1.165, 1.54) is 36.9 Å². The summed E-state index contributed by atoms with van der Waals surface area (Å²) in [5.41, 5.74) is 10.7. The minimum Gasteiger partial charge on any atom is -0.333 e. The average molecular weight is 869 g/mol. The van der Waals surface area contributed by atoms with E-state index in [9.17, 15) is 0 Å². The van der Waals surface area contributed by atoms with Crippen molar-refractivity contribution in [1.82, 2.24) is 19.5 Å². The Morgan fingerprint density at radius 3 is 2.17 bits per heavy atom. The Kier molecular flexibility index (Phi) is 9.98.